The second-order valence-electron chi connectivity index (χ2n) is 5.52. The van der Waals surface area contributed by atoms with E-state index in [0.717, 1.165) is 6.42 Å². The van der Waals surface area contributed by atoms with Gasteiger partial charge in [-0.05, 0) is 12.3 Å². The molecule has 0 aliphatic heterocycles. The summed E-state index contributed by atoms with van der Waals surface area (Å²) in [5.74, 6) is 0.543. The Kier molecular flexibility index (Phi) is 7.88. The first-order valence-corrected chi connectivity index (χ1v) is 7.66. The number of methoxy groups -OCH3 is 3. The average molecular weight is 339 g/mol. The maximum absolute atomic E-state index is 12.2. The van der Waals surface area contributed by atoms with E-state index in [2.05, 4.69) is 19.2 Å². The van der Waals surface area contributed by atoms with Crippen molar-refractivity contribution >= 4 is 11.9 Å². The van der Waals surface area contributed by atoms with E-state index >= 15 is 0 Å². The lowest BCUT2D eigenvalue weighted by atomic mass is 10.1. The lowest BCUT2D eigenvalue weighted by Crippen LogP contribution is -2.30. The van der Waals surface area contributed by atoms with Crippen LogP contribution in [-0.2, 0) is 9.53 Å². The number of amides is 1. The van der Waals surface area contributed by atoms with Crippen molar-refractivity contribution in [2.24, 2.45) is 5.92 Å². The molecule has 1 aromatic carbocycles. The number of hydrogen-bond acceptors (Lipinski definition) is 6. The molecule has 0 aliphatic carbocycles. The van der Waals surface area contributed by atoms with Gasteiger partial charge < -0.3 is 24.3 Å². The molecule has 0 aliphatic rings. The second-order valence-corrected chi connectivity index (χ2v) is 5.52. The lowest BCUT2D eigenvalue weighted by Gasteiger charge is -2.13. The smallest absolute Gasteiger partial charge is 0.342 e. The zero-order valence-corrected chi connectivity index (χ0v) is 14.8. The molecule has 0 unspecified atom stereocenters. The summed E-state index contributed by atoms with van der Waals surface area (Å²) in [7, 11) is 4.37. The van der Waals surface area contributed by atoms with Gasteiger partial charge in [-0.1, -0.05) is 13.8 Å². The Bertz CT molecular complexity index is 570. The van der Waals surface area contributed by atoms with Crippen LogP contribution < -0.4 is 19.5 Å². The number of carbonyl (C=O) groups is 2. The summed E-state index contributed by atoms with van der Waals surface area (Å²) < 4.78 is 20.5. The van der Waals surface area contributed by atoms with Crippen LogP contribution >= 0.6 is 0 Å². The van der Waals surface area contributed by atoms with Crippen LogP contribution in [0.3, 0.4) is 0 Å². The third-order valence-electron chi connectivity index (χ3n) is 3.30. The minimum absolute atomic E-state index is 0.158. The highest BCUT2D eigenvalue weighted by atomic mass is 16.5. The van der Waals surface area contributed by atoms with Crippen LogP contribution in [0.1, 0.15) is 30.6 Å². The lowest BCUT2D eigenvalue weighted by molar-refractivity contribution is -0.124. The fourth-order valence-electron chi connectivity index (χ4n) is 1.95. The van der Waals surface area contributed by atoms with E-state index in [1.807, 2.05) is 0 Å². The van der Waals surface area contributed by atoms with E-state index in [-0.39, 0.29) is 23.8 Å². The summed E-state index contributed by atoms with van der Waals surface area (Å²) in [6.45, 7) is 4.33. The van der Waals surface area contributed by atoms with Crippen molar-refractivity contribution < 1.29 is 28.5 Å². The molecule has 0 atom stereocenters. The van der Waals surface area contributed by atoms with Gasteiger partial charge in [0.25, 0.3) is 5.91 Å². The quantitative estimate of drug-likeness (QED) is 0.693. The number of carbonyl (C=O) groups excluding carboxylic acids is 2. The molecule has 7 heteroatoms. The third-order valence-corrected chi connectivity index (χ3v) is 3.30. The van der Waals surface area contributed by atoms with Gasteiger partial charge in [0.05, 0.1) is 21.3 Å². The molecule has 24 heavy (non-hydrogen) atoms. The van der Waals surface area contributed by atoms with Gasteiger partial charge in [-0.3, -0.25) is 4.79 Å². The zero-order valence-electron chi connectivity index (χ0n) is 14.8. The predicted molar refractivity (Wildman–Crippen MR) is 88.8 cm³/mol. The second kappa shape index (κ2) is 9.64. The minimum atomic E-state index is -0.674. The van der Waals surface area contributed by atoms with Gasteiger partial charge in [-0.15, -0.1) is 0 Å². The predicted octanol–water partition coefficient (Wildman–Crippen LogP) is 2.03. The normalized spacial score (nSPS) is 10.2. The van der Waals surface area contributed by atoms with Crippen molar-refractivity contribution in [3.8, 4) is 17.2 Å². The average Bonchev–Trinajstić information content (AvgIpc) is 2.57. The Balaban J connectivity index is 2.71. The van der Waals surface area contributed by atoms with E-state index < -0.39 is 5.97 Å². The molecule has 0 saturated carbocycles. The van der Waals surface area contributed by atoms with Gasteiger partial charge >= 0.3 is 5.97 Å². The van der Waals surface area contributed by atoms with Crippen molar-refractivity contribution in [1.29, 1.82) is 0 Å². The zero-order chi connectivity index (χ0) is 18.1. The van der Waals surface area contributed by atoms with Gasteiger partial charge in [-0.2, -0.15) is 0 Å². The van der Waals surface area contributed by atoms with E-state index in [1.165, 1.54) is 33.5 Å². The van der Waals surface area contributed by atoms with E-state index in [4.69, 9.17) is 18.9 Å². The van der Waals surface area contributed by atoms with Crippen molar-refractivity contribution in [3.05, 3.63) is 17.7 Å². The van der Waals surface area contributed by atoms with Crippen LogP contribution in [0.2, 0.25) is 0 Å². The van der Waals surface area contributed by atoms with Gasteiger partial charge in [0, 0.05) is 18.7 Å². The minimum Gasteiger partial charge on any atom is -0.496 e. The fourth-order valence-corrected chi connectivity index (χ4v) is 1.95. The molecule has 0 fully saturated rings. The molecular formula is C17H25NO6. The maximum atomic E-state index is 12.2. The Labute approximate surface area is 142 Å². The fraction of sp³-hybridized carbons (Fsp3) is 0.529. The Morgan fingerprint density at radius 2 is 1.58 bits per heavy atom. The van der Waals surface area contributed by atoms with E-state index in [9.17, 15) is 9.59 Å². The van der Waals surface area contributed by atoms with Gasteiger partial charge in [0.2, 0.25) is 0 Å². The largest absolute Gasteiger partial charge is 0.496 e. The number of nitrogens with one attached hydrogen (secondary N) is 1. The monoisotopic (exact) mass is 339 g/mol. The van der Waals surface area contributed by atoms with Gasteiger partial charge in [0.1, 0.15) is 11.3 Å². The van der Waals surface area contributed by atoms with Gasteiger partial charge in [0.15, 0.2) is 18.1 Å². The van der Waals surface area contributed by atoms with Crippen LogP contribution in [0, 0.1) is 5.92 Å². The summed E-state index contributed by atoms with van der Waals surface area (Å²) in [4.78, 5) is 23.9. The van der Waals surface area contributed by atoms with Crippen molar-refractivity contribution in [2.75, 3.05) is 34.5 Å². The molecule has 0 aromatic heterocycles. The molecule has 0 radical (unpaired) electrons. The van der Waals surface area contributed by atoms with Crippen molar-refractivity contribution in [3.63, 3.8) is 0 Å². The van der Waals surface area contributed by atoms with E-state index in [0.29, 0.717) is 24.0 Å². The molecular weight excluding hydrogens is 314 g/mol. The molecule has 1 N–H and O–H groups in total. The first-order chi connectivity index (χ1) is 11.4. The highest BCUT2D eigenvalue weighted by molar-refractivity contribution is 5.95. The summed E-state index contributed by atoms with van der Waals surface area (Å²) in [6.07, 6.45) is 0.864. The summed E-state index contributed by atoms with van der Waals surface area (Å²) in [6, 6.07) is 2.98. The molecule has 0 bridgehead atoms. The van der Waals surface area contributed by atoms with Crippen LogP contribution in [0.5, 0.6) is 17.2 Å². The summed E-state index contributed by atoms with van der Waals surface area (Å²) in [5, 5.41) is 2.70. The first-order valence-electron chi connectivity index (χ1n) is 7.66. The highest BCUT2D eigenvalue weighted by Crippen LogP contribution is 2.34. The highest BCUT2D eigenvalue weighted by Gasteiger charge is 2.19. The van der Waals surface area contributed by atoms with Crippen LogP contribution in [0.25, 0.3) is 0 Å². The summed E-state index contributed by atoms with van der Waals surface area (Å²) in [5.41, 5.74) is 0.158. The van der Waals surface area contributed by atoms with Crippen molar-refractivity contribution in [1.82, 2.24) is 5.32 Å². The SMILES string of the molecule is COc1cc(OC)c(C(=O)OCC(=O)NCCC(C)C)cc1OC. The topological polar surface area (TPSA) is 83.1 Å². The number of benzene rings is 1. The number of ether oxygens (including phenoxy) is 4. The molecule has 1 amide bonds. The number of esters is 1. The molecule has 0 saturated heterocycles. The van der Waals surface area contributed by atoms with Crippen molar-refractivity contribution in [2.45, 2.75) is 20.3 Å². The molecule has 134 valence electrons. The maximum Gasteiger partial charge on any atom is 0.342 e. The molecule has 0 heterocycles. The molecule has 1 aromatic rings. The Morgan fingerprint density at radius 1 is 1.00 bits per heavy atom. The molecule has 0 spiro atoms. The van der Waals surface area contributed by atoms with Gasteiger partial charge in [-0.25, -0.2) is 4.79 Å². The standard InChI is InChI=1S/C17H25NO6/c1-11(2)6-7-18-16(19)10-24-17(20)12-8-14(22-4)15(23-5)9-13(12)21-3/h8-9,11H,6-7,10H2,1-5H3,(H,18,19). The number of hydrogen-bond donors (Lipinski definition) is 1. The summed E-state index contributed by atoms with van der Waals surface area (Å²) >= 11 is 0. The first kappa shape index (κ1) is 19.6. The number of rotatable bonds is 9. The Morgan fingerprint density at radius 3 is 2.12 bits per heavy atom. The molecule has 1 rings (SSSR count). The van der Waals surface area contributed by atoms with E-state index in [1.54, 1.807) is 0 Å². The van der Waals surface area contributed by atoms with Crippen LogP contribution in [0.15, 0.2) is 12.1 Å². The molecule has 7 nitrogen and oxygen atoms in total. The van der Waals surface area contributed by atoms with Crippen LogP contribution in [0.4, 0.5) is 0 Å². The van der Waals surface area contributed by atoms with Crippen LogP contribution in [-0.4, -0.2) is 46.4 Å². The third kappa shape index (κ3) is 5.64. The Hall–Kier alpha value is -2.44.